The fraction of sp³-hybridized carbons (Fsp3) is 0.538. The van der Waals surface area contributed by atoms with E-state index >= 15 is 0 Å². The zero-order valence-corrected chi connectivity index (χ0v) is 11.9. The Balaban J connectivity index is 3.32. The van der Waals surface area contributed by atoms with E-state index in [1.165, 1.54) is 6.07 Å². The smallest absolute Gasteiger partial charge is 0.294 e. The molecule has 0 atom stereocenters. The van der Waals surface area contributed by atoms with Crippen LogP contribution in [0.15, 0.2) is 18.2 Å². The van der Waals surface area contributed by atoms with Crippen LogP contribution in [0.25, 0.3) is 0 Å². The summed E-state index contributed by atoms with van der Waals surface area (Å²) in [5.41, 5.74) is 0.379. The van der Waals surface area contributed by atoms with Gasteiger partial charge in [-0.25, -0.2) is 0 Å². The minimum Gasteiger partial charge on any atom is -0.395 e. The molecule has 106 valence electrons. The monoisotopic (exact) mass is 286 g/mol. The Morgan fingerprint density at radius 2 is 2.05 bits per heavy atom. The van der Waals surface area contributed by atoms with Crippen LogP contribution in [-0.2, 0) is 0 Å². The van der Waals surface area contributed by atoms with Gasteiger partial charge in [0.15, 0.2) is 0 Å². The fourth-order valence-corrected chi connectivity index (χ4v) is 2.53. The number of nitro groups is 1. The van der Waals surface area contributed by atoms with Crippen molar-refractivity contribution < 1.29 is 10.0 Å². The van der Waals surface area contributed by atoms with Gasteiger partial charge in [0, 0.05) is 18.7 Å². The summed E-state index contributed by atoms with van der Waals surface area (Å²) in [6.07, 6.45) is 1.66. The van der Waals surface area contributed by atoms with Gasteiger partial charge in [0.05, 0.1) is 16.6 Å². The van der Waals surface area contributed by atoms with Crippen LogP contribution in [0.3, 0.4) is 0 Å². The summed E-state index contributed by atoms with van der Waals surface area (Å²) < 4.78 is 0. The maximum Gasteiger partial charge on any atom is 0.294 e. The first-order chi connectivity index (χ1) is 9.06. The first-order valence-corrected chi connectivity index (χ1v) is 6.74. The molecule has 0 aliphatic rings. The van der Waals surface area contributed by atoms with Crippen molar-refractivity contribution in [2.75, 3.05) is 18.1 Å². The summed E-state index contributed by atoms with van der Waals surface area (Å²) in [5, 5.41) is 20.7. The van der Waals surface area contributed by atoms with E-state index in [4.69, 9.17) is 11.6 Å². The number of benzene rings is 1. The zero-order valence-electron chi connectivity index (χ0n) is 11.2. The molecule has 0 aromatic heterocycles. The Labute approximate surface area is 117 Å². The molecule has 1 rings (SSSR count). The van der Waals surface area contributed by atoms with Crippen molar-refractivity contribution >= 4 is 23.0 Å². The van der Waals surface area contributed by atoms with Crippen LogP contribution < -0.4 is 4.90 Å². The number of hydrogen-bond donors (Lipinski definition) is 1. The van der Waals surface area contributed by atoms with E-state index in [1.807, 2.05) is 18.7 Å². The van der Waals surface area contributed by atoms with Gasteiger partial charge in [0.1, 0.15) is 5.69 Å². The molecule has 1 aromatic rings. The minimum atomic E-state index is -0.437. The van der Waals surface area contributed by atoms with Crippen LogP contribution in [0.1, 0.15) is 26.7 Å². The van der Waals surface area contributed by atoms with Gasteiger partial charge in [-0.1, -0.05) is 31.5 Å². The first-order valence-electron chi connectivity index (χ1n) is 6.37. The summed E-state index contributed by atoms with van der Waals surface area (Å²) in [7, 11) is 0. The Kier molecular flexibility index (Phi) is 6.05. The van der Waals surface area contributed by atoms with Crippen LogP contribution in [0.4, 0.5) is 11.4 Å². The lowest BCUT2D eigenvalue weighted by Crippen LogP contribution is -2.37. The molecule has 0 saturated carbocycles. The Hall–Kier alpha value is -1.33. The topological polar surface area (TPSA) is 66.6 Å². The van der Waals surface area contributed by atoms with Gasteiger partial charge in [0.25, 0.3) is 5.69 Å². The predicted molar refractivity (Wildman–Crippen MR) is 76.9 cm³/mol. The van der Waals surface area contributed by atoms with Gasteiger partial charge in [-0.3, -0.25) is 10.1 Å². The number of aliphatic hydroxyl groups excluding tert-OH is 1. The summed E-state index contributed by atoms with van der Waals surface area (Å²) in [4.78, 5) is 12.5. The number of nitro benzene ring substituents is 1. The van der Waals surface area contributed by atoms with Gasteiger partial charge in [-0.15, -0.1) is 0 Å². The van der Waals surface area contributed by atoms with Crippen molar-refractivity contribution in [3.8, 4) is 0 Å². The number of para-hydroxylation sites is 1. The second-order valence-electron chi connectivity index (χ2n) is 4.25. The zero-order chi connectivity index (χ0) is 14.4. The van der Waals surface area contributed by atoms with Crippen molar-refractivity contribution in [1.29, 1.82) is 0 Å². The van der Waals surface area contributed by atoms with Gasteiger partial charge >= 0.3 is 0 Å². The number of halogens is 1. The summed E-state index contributed by atoms with van der Waals surface area (Å²) in [6.45, 7) is 4.29. The molecule has 0 heterocycles. The molecule has 0 spiro atoms. The number of hydrogen-bond acceptors (Lipinski definition) is 4. The number of aliphatic hydroxyl groups is 1. The van der Waals surface area contributed by atoms with Crippen LogP contribution in [0, 0.1) is 10.1 Å². The normalized spacial score (nSPS) is 10.8. The van der Waals surface area contributed by atoms with E-state index in [-0.39, 0.29) is 18.3 Å². The second kappa shape index (κ2) is 7.31. The molecular formula is C13H19ClN2O3. The Morgan fingerprint density at radius 1 is 1.42 bits per heavy atom. The molecule has 0 aliphatic carbocycles. The molecule has 5 nitrogen and oxygen atoms in total. The lowest BCUT2D eigenvalue weighted by atomic mass is 10.1. The lowest BCUT2D eigenvalue weighted by molar-refractivity contribution is -0.384. The molecule has 1 N–H and O–H groups in total. The van der Waals surface area contributed by atoms with E-state index in [0.29, 0.717) is 17.3 Å². The van der Waals surface area contributed by atoms with Crippen molar-refractivity contribution in [3.63, 3.8) is 0 Å². The Morgan fingerprint density at radius 3 is 2.53 bits per heavy atom. The summed E-state index contributed by atoms with van der Waals surface area (Å²) >= 11 is 6.13. The minimum absolute atomic E-state index is 0.0205. The molecule has 19 heavy (non-hydrogen) atoms. The maximum atomic E-state index is 11.1. The SMILES string of the molecule is CCC(CC)N(CCO)c1c(Cl)cccc1[N+](=O)[O-]. The highest BCUT2D eigenvalue weighted by atomic mass is 35.5. The number of anilines is 1. The molecule has 0 bridgehead atoms. The molecule has 0 saturated heterocycles. The number of nitrogens with zero attached hydrogens (tertiary/aromatic N) is 2. The van der Waals surface area contributed by atoms with E-state index < -0.39 is 4.92 Å². The summed E-state index contributed by atoms with van der Waals surface area (Å²) in [6, 6.07) is 4.75. The molecule has 0 radical (unpaired) electrons. The maximum absolute atomic E-state index is 11.1. The van der Waals surface area contributed by atoms with E-state index in [0.717, 1.165) is 12.8 Å². The molecule has 0 unspecified atom stereocenters. The standard InChI is InChI=1S/C13H19ClN2O3/c1-3-10(4-2)15(8-9-17)13-11(14)6-5-7-12(13)16(18)19/h5-7,10,17H,3-4,8-9H2,1-2H3. The van der Waals surface area contributed by atoms with E-state index in [2.05, 4.69) is 0 Å². The third kappa shape index (κ3) is 3.58. The third-order valence-corrected chi connectivity index (χ3v) is 3.48. The second-order valence-corrected chi connectivity index (χ2v) is 4.66. The highest BCUT2D eigenvalue weighted by Crippen LogP contribution is 2.37. The van der Waals surface area contributed by atoms with Gasteiger partial charge in [-0.2, -0.15) is 0 Å². The average Bonchev–Trinajstić information content (AvgIpc) is 2.39. The van der Waals surface area contributed by atoms with Crippen LogP contribution in [-0.4, -0.2) is 29.2 Å². The van der Waals surface area contributed by atoms with Gasteiger partial charge < -0.3 is 10.0 Å². The van der Waals surface area contributed by atoms with Crippen molar-refractivity contribution in [3.05, 3.63) is 33.3 Å². The molecule has 0 aliphatic heterocycles. The molecule has 6 heteroatoms. The summed E-state index contributed by atoms with van der Waals surface area (Å²) in [5.74, 6) is 0. The highest BCUT2D eigenvalue weighted by Gasteiger charge is 2.26. The highest BCUT2D eigenvalue weighted by molar-refractivity contribution is 6.33. The van der Waals surface area contributed by atoms with E-state index in [1.54, 1.807) is 12.1 Å². The Bertz CT molecular complexity index is 436. The van der Waals surface area contributed by atoms with Gasteiger partial charge in [0.2, 0.25) is 0 Å². The van der Waals surface area contributed by atoms with E-state index in [9.17, 15) is 15.2 Å². The lowest BCUT2D eigenvalue weighted by Gasteiger charge is -2.32. The molecule has 1 aromatic carbocycles. The van der Waals surface area contributed by atoms with Crippen LogP contribution in [0.2, 0.25) is 5.02 Å². The largest absolute Gasteiger partial charge is 0.395 e. The molecule has 0 fully saturated rings. The quantitative estimate of drug-likeness (QED) is 0.617. The van der Waals surface area contributed by atoms with Crippen LogP contribution in [0.5, 0.6) is 0 Å². The average molecular weight is 287 g/mol. The molecule has 0 amide bonds. The van der Waals surface area contributed by atoms with Crippen molar-refractivity contribution in [2.24, 2.45) is 0 Å². The van der Waals surface area contributed by atoms with Crippen LogP contribution >= 0.6 is 11.6 Å². The number of rotatable bonds is 7. The molecular weight excluding hydrogens is 268 g/mol. The van der Waals surface area contributed by atoms with Crippen molar-refractivity contribution in [2.45, 2.75) is 32.7 Å². The first kappa shape index (κ1) is 15.7. The third-order valence-electron chi connectivity index (χ3n) is 3.17. The van der Waals surface area contributed by atoms with Crippen molar-refractivity contribution in [1.82, 2.24) is 0 Å². The van der Waals surface area contributed by atoms with Gasteiger partial charge in [-0.05, 0) is 18.9 Å². The predicted octanol–water partition coefficient (Wildman–Crippen LogP) is 3.24. The fourth-order valence-electron chi connectivity index (χ4n) is 2.25.